The number of benzene rings is 2. The van der Waals surface area contributed by atoms with E-state index in [1.54, 1.807) is 36.1 Å². The normalized spacial score (nSPS) is 14.6. The Labute approximate surface area is 225 Å². The molecule has 9 heteroatoms. The maximum absolute atomic E-state index is 13.0. The fourth-order valence-electron chi connectivity index (χ4n) is 4.34. The van der Waals surface area contributed by atoms with Gasteiger partial charge in [-0.15, -0.1) is 11.3 Å². The highest BCUT2D eigenvalue weighted by molar-refractivity contribution is 7.09. The van der Waals surface area contributed by atoms with Crippen molar-refractivity contribution < 1.29 is 19.1 Å². The van der Waals surface area contributed by atoms with Crippen LogP contribution in [0.25, 0.3) is 0 Å². The third-order valence-electron chi connectivity index (χ3n) is 6.60. The molecule has 1 aliphatic rings. The average molecular weight is 540 g/mol. The number of aromatic nitrogens is 1. The number of amides is 2. The van der Waals surface area contributed by atoms with Gasteiger partial charge in [-0.25, -0.2) is 0 Å². The predicted molar refractivity (Wildman–Crippen MR) is 144 cm³/mol. The molecule has 0 saturated carbocycles. The first-order valence-electron chi connectivity index (χ1n) is 12.3. The Morgan fingerprint density at radius 2 is 1.76 bits per heavy atom. The van der Waals surface area contributed by atoms with Crippen LogP contribution in [-0.2, 0) is 16.1 Å². The SMILES string of the molecule is CCOC(=O)C1CCN(C(=O)c2ccc(Cn3c(C)c(C)sc3=NC(=O)c3cccc(Cl)c3)cc2)CC1. The van der Waals surface area contributed by atoms with Gasteiger partial charge in [-0.3, -0.25) is 14.4 Å². The molecule has 2 heterocycles. The fraction of sp³-hybridized carbons (Fsp3) is 0.357. The lowest BCUT2D eigenvalue weighted by Crippen LogP contribution is -2.40. The highest BCUT2D eigenvalue weighted by Crippen LogP contribution is 2.21. The Morgan fingerprint density at radius 3 is 2.41 bits per heavy atom. The van der Waals surface area contributed by atoms with Crippen LogP contribution < -0.4 is 4.80 Å². The van der Waals surface area contributed by atoms with Crippen LogP contribution in [0.1, 0.15) is 56.6 Å². The first-order valence-corrected chi connectivity index (χ1v) is 13.5. The van der Waals surface area contributed by atoms with E-state index in [0.29, 0.717) is 60.0 Å². The monoisotopic (exact) mass is 539 g/mol. The zero-order valence-corrected chi connectivity index (χ0v) is 22.8. The van der Waals surface area contributed by atoms with E-state index in [1.807, 2.05) is 42.7 Å². The zero-order chi connectivity index (χ0) is 26.5. The van der Waals surface area contributed by atoms with Crippen LogP contribution in [0.5, 0.6) is 0 Å². The van der Waals surface area contributed by atoms with Gasteiger partial charge < -0.3 is 14.2 Å². The maximum atomic E-state index is 13.0. The number of nitrogens with zero attached hydrogens (tertiary/aromatic N) is 3. The van der Waals surface area contributed by atoms with Gasteiger partial charge in [-0.1, -0.05) is 29.8 Å². The van der Waals surface area contributed by atoms with Gasteiger partial charge in [0.05, 0.1) is 19.1 Å². The Hall–Kier alpha value is -3.23. The number of hydrogen-bond donors (Lipinski definition) is 0. The number of halogens is 1. The van der Waals surface area contributed by atoms with E-state index in [2.05, 4.69) is 4.99 Å². The van der Waals surface area contributed by atoms with Gasteiger partial charge in [-0.2, -0.15) is 4.99 Å². The number of esters is 1. The van der Waals surface area contributed by atoms with Crippen molar-refractivity contribution in [2.75, 3.05) is 19.7 Å². The van der Waals surface area contributed by atoms with Gasteiger partial charge in [0.15, 0.2) is 4.80 Å². The van der Waals surface area contributed by atoms with Crippen molar-refractivity contribution >= 4 is 40.7 Å². The largest absolute Gasteiger partial charge is 0.466 e. The minimum Gasteiger partial charge on any atom is -0.466 e. The number of hydrogen-bond acceptors (Lipinski definition) is 5. The topological polar surface area (TPSA) is 81.0 Å². The number of rotatable bonds is 6. The highest BCUT2D eigenvalue weighted by atomic mass is 35.5. The summed E-state index contributed by atoms with van der Waals surface area (Å²) >= 11 is 7.50. The molecule has 1 saturated heterocycles. The summed E-state index contributed by atoms with van der Waals surface area (Å²) < 4.78 is 7.13. The third-order valence-corrected chi connectivity index (χ3v) is 7.93. The molecule has 4 rings (SSSR count). The van der Waals surface area contributed by atoms with Crippen LogP contribution in [0.2, 0.25) is 5.02 Å². The van der Waals surface area contributed by atoms with Crippen molar-refractivity contribution in [1.82, 2.24) is 9.47 Å². The smallest absolute Gasteiger partial charge is 0.309 e. The van der Waals surface area contributed by atoms with E-state index in [9.17, 15) is 14.4 Å². The molecule has 0 bridgehead atoms. The number of likely N-dealkylation sites (tertiary alicyclic amines) is 1. The molecule has 0 N–H and O–H groups in total. The highest BCUT2D eigenvalue weighted by Gasteiger charge is 2.28. The molecule has 0 aliphatic carbocycles. The summed E-state index contributed by atoms with van der Waals surface area (Å²) in [5.41, 5.74) is 3.09. The molecular formula is C28H30ClN3O4S. The molecule has 0 atom stereocenters. The standard InChI is InChI=1S/C28H30ClN3O4S/c1-4-36-27(35)22-12-14-31(15-13-22)26(34)21-10-8-20(9-11-21)17-32-18(2)19(3)37-28(32)30-25(33)23-6-5-7-24(29)16-23/h5-11,16,22H,4,12-15,17H2,1-3H3. The predicted octanol–water partition coefficient (Wildman–Crippen LogP) is 5.02. The summed E-state index contributed by atoms with van der Waals surface area (Å²) in [5, 5.41) is 0.491. The summed E-state index contributed by atoms with van der Waals surface area (Å²) in [4.78, 5) is 45.6. The van der Waals surface area contributed by atoms with Crippen molar-refractivity contribution in [3.8, 4) is 0 Å². The van der Waals surface area contributed by atoms with Gasteiger partial charge in [0.2, 0.25) is 0 Å². The lowest BCUT2D eigenvalue weighted by atomic mass is 9.96. The first-order chi connectivity index (χ1) is 17.8. The Kier molecular flexibility index (Phi) is 8.61. The molecule has 1 aromatic heterocycles. The quantitative estimate of drug-likeness (QED) is 0.412. The molecule has 0 unspecified atom stereocenters. The van der Waals surface area contributed by atoms with Gasteiger partial charge in [0, 0.05) is 39.8 Å². The second-order valence-electron chi connectivity index (χ2n) is 9.06. The number of aryl methyl sites for hydroxylation is 1. The van der Waals surface area contributed by atoms with Crippen LogP contribution in [0.3, 0.4) is 0 Å². The lowest BCUT2D eigenvalue weighted by molar-refractivity contribution is -0.149. The van der Waals surface area contributed by atoms with Crippen LogP contribution in [0.4, 0.5) is 0 Å². The summed E-state index contributed by atoms with van der Waals surface area (Å²) in [6.45, 7) is 7.80. The molecule has 3 aromatic rings. The molecular weight excluding hydrogens is 510 g/mol. The molecule has 0 radical (unpaired) electrons. The fourth-order valence-corrected chi connectivity index (χ4v) is 5.50. The van der Waals surface area contributed by atoms with Gasteiger partial charge in [-0.05, 0) is 69.5 Å². The molecule has 1 fully saturated rings. The second kappa shape index (κ2) is 11.9. The van der Waals surface area contributed by atoms with Crippen molar-refractivity contribution in [2.45, 2.75) is 40.2 Å². The van der Waals surface area contributed by atoms with E-state index in [-0.39, 0.29) is 23.7 Å². The van der Waals surface area contributed by atoms with Crippen LogP contribution >= 0.6 is 22.9 Å². The van der Waals surface area contributed by atoms with Crippen molar-refractivity contribution in [1.29, 1.82) is 0 Å². The van der Waals surface area contributed by atoms with Gasteiger partial charge >= 0.3 is 5.97 Å². The zero-order valence-electron chi connectivity index (χ0n) is 21.2. The maximum Gasteiger partial charge on any atom is 0.309 e. The Morgan fingerprint density at radius 1 is 1.05 bits per heavy atom. The molecule has 194 valence electrons. The average Bonchev–Trinajstić information content (AvgIpc) is 3.16. The summed E-state index contributed by atoms with van der Waals surface area (Å²) in [6.07, 6.45) is 1.24. The van der Waals surface area contributed by atoms with Crippen LogP contribution in [0.15, 0.2) is 53.5 Å². The first kappa shape index (κ1) is 26.8. The molecule has 0 spiro atoms. The molecule has 37 heavy (non-hydrogen) atoms. The van der Waals surface area contributed by atoms with Crippen molar-refractivity contribution in [3.63, 3.8) is 0 Å². The molecule has 2 amide bonds. The minimum atomic E-state index is -0.342. The Bertz CT molecular complexity index is 1370. The number of thiazole rings is 1. The third kappa shape index (κ3) is 6.37. The van der Waals surface area contributed by atoms with Crippen LogP contribution in [0, 0.1) is 19.8 Å². The van der Waals surface area contributed by atoms with E-state index < -0.39 is 0 Å². The lowest BCUT2D eigenvalue weighted by Gasteiger charge is -2.31. The van der Waals surface area contributed by atoms with E-state index in [0.717, 1.165) is 16.1 Å². The molecule has 1 aliphatic heterocycles. The van der Waals surface area contributed by atoms with Crippen molar-refractivity contribution in [2.24, 2.45) is 10.9 Å². The number of carbonyl (C=O) groups is 3. The number of ether oxygens (including phenoxy) is 1. The second-order valence-corrected chi connectivity index (χ2v) is 10.7. The molecule has 7 nitrogen and oxygen atoms in total. The Balaban J connectivity index is 1.46. The van der Waals surface area contributed by atoms with Gasteiger partial charge in [0.25, 0.3) is 11.8 Å². The van der Waals surface area contributed by atoms with Gasteiger partial charge in [0.1, 0.15) is 0 Å². The summed E-state index contributed by atoms with van der Waals surface area (Å²) in [7, 11) is 0. The number of carbonyl (C=O) groups excluding carboxylic acids is 3. The van der Waals surface area contributed by atoms with E-state index >= 15 is 0 Å². The van der Waals surface area contributed by atoms with Crippen molar-refractivity contribution in [3.05, 3.63) is 85.6 Å². The minimum absolute atomic E-state index is 0.0353. The molecule has 2 aromatic carbocycles. The summed E-state index contributed by atoms with van der Waals surface area (Å²) in [5.74, 6) is -0.682. The van der Waals surface area contributed by atoms with E-state index in [4.69, 9.17) is 16.3 Å². The summed E-state index contributed by atoms with van der Waals surface area (Å²) in [6, 6.07) is 14.3. The van der Waals surface area contributed by atoms with Crippen LogP contribution in [-0.4, -0.2) is 46.9 Å². The van der Waals surface area contributed by atoms with E-state index in [1.165, 1.54) is 11.3 Å². The number of piperidine rings is 1.